The Kier molecular flexibility index (Phi) is 6.64. The second kappa shape index (κ2) is 8.80. The molecule has 1 nitrogen and oxygen atoms in total. The SMILES string of the molecule is N#Cc1ccc(CCCCCCC2CCCCC2)cc1. The van der Waals surface area contributed by atoms with Gasteiger partial charge >= 0.3 is 0 Å². The van der Waals surface area contributed by atoms with E-state index in [1.54, 1.807) is 0 Å². The lowest BCUT2D eigenvalue weighted by Gasteiger charge is -2.21. The molecular formula is C19H27N. The second-order valence-electron chi connectivity index (χ2n) is 6.27. The fraction of sp³-hybridized carbons (Fsp3) is 0.632. The van der Waals surface area contributed by atoms with Gasteiger partial charge in [0.25, 0.3) is 0 Å². The van der Waals surface area contributed by atoms with Crippen LogP contribution in [0.3, 0.4) is 0 Å². The Morgan fingerprint density at radius 2 is 1.60 bits per heavy atom. The Balaban J connectivity index is 1.51. The van der Waals surface area contributed by atoms with Gasteiger partial charge in [0.1, 0.15) is 0 Å². The summed E-state index contributed by atoms with van der Waals surface area (Å²) in [4.78, 5) is 0. The highest BCUT2D eigenvalue weighted by molar-refractivity contribution is 5.31. The van der Waals surface area contributed by atoms with Gasteiger partial charge < -0.3 is 0 Å². The molecule has 1 saturated carbocycles. The number of nitrogens with zero attached hydrogens (tertiary/aromatic N) is 1. The number of nitriles is 1. The minimum atomic E-state index is 0.765. The number of hydrogen-bond donors (Lipinski definition) is 0. The summed E-state index contributed by atoms with van der Waals surface area (Å²) in [5.41, 5.74) is 2.14. The largest absolute Gasteiger partial charge is 0.192 e. The second-order valence-corrected chi connectivity index (χ2v) is 6.27. The van der Waals surface area contributed by atoms with E-state index in [2.05, 4.69) is 18.2 Å². The maximum Gasteiger partial charge on any atom is 0.0991 e. The lowest BCUT2D eigenvalue weighted by Crippen LogP contribution is -2.05. The molecule has 0 saturated heterocycles. The molecule has 0 amide bonds. The van der Waals surface area contributed by atoms with Crippen LogP contribution in [-0.2, 0) is 6.42 Å². The van der Waals surface area contributed by atoms with Crippen LogP contribution in [0.15, 0.2) is 24.3 Å². The van der Waals surface area contributed by atoms with Gasteiger partial charge in [-0.15, -0.1) is 0 Å². The molecule has 0 bridgehead atoms. The van der Waals surface area contributed by atoms with E-state index in [4.69, 9.17) is 5.26 Å². The highest BCUT2D eigenvalue weighted by Crippen LogP contribution is 2.28. The summed E-state index contributed by atoms with van der Waals surface area (Å²) < 4.78 is 0. The summed E-state index contributed by atoms with van der Waals surface area (Å²) in [7, 11) is 0. The first kappa shape index (κ1) is 15.1. The van der Waals surface area contributed by atoms with Crippen LogP contribution in [0.25, 0.3) is 0 Å². The number of rotatable bonds is 7. The molecule has 0 aliphatic heterocycles. The van der Waals surface area contributed by atoms with Crippen molar-refractivity contribution < 1.29 is 0 Å². The molecule has 1 aliphatic carbocycles. The molecule has 0 unspecified atom stereocenters. The van der Waals surface area contributed by atoms with Crippen LogP contribution in [0.1, 0.15) is 75.3 Å². The smallest absolute Gasteiger partial charge is 0.0991 e. The van der Waals surface area contributed by atoms with Crippen LogP contribution in [0.5, 0.6) is 0 Å². The van der Waals surface area contributed by atoms with Gasteiger partial charge in [0.2, 0.25) is 0 Å². The van der Waals surface area contributed by atoms with Crippen molar-refractivity contribution in [3.8, 4) is 6.07 Å². The normalized spacial score (nSPS) is 15.9. The van der Waals surface area contributed by atoms with E-state index in [9.17, 15) is 0 Å². The van der Waals surface area contributed by atoms with Crippen LogP contribution in [0, 0.1) is 17.2 Å². The predicted molar refractivity (Wildman–Crippen MR) is 84.5 cm³/mol. The average Bonchev–Trinajstić information content (AvgIpc) is 2.52. The third kappa shape index (κ3) is 5.37. The fourth-order valence-corrected chi connectivity index (χ4v) is 3.34. The molecular weight excluding hydrogens is 242 g/mol. The highest BCUT2D eigenvalue weighted by Gasteiger charge is 2.12. The van der Waals surface area contributed by atoms with E-state index >= 15 is 0 Å². The molecule has 0 N–H and O–H groups in total. The standard InChI is InChI=1S/C19H27N/c20-16-19-14-12-18(13-15-19)11-5-2-1-4-8-17-9-6-3-7-10-17/h12-15,17H,1-11H2. The van der Waals surface area contributed by atoms with E-state index in [-0.39, 0.29) is 0 Å². The summed E-state index contributed by atoms with van der Waals surface area (Å²) in [5.74, 6) is 1.04. The van der Waals surface area contributed by atoms with Crippen molar-refractivity contribution in [1.29, 1.82) is 5.26 Å². The first-order valence-electron chi connectivity index (χ1n) is 8.37. The Bertz CT molecular complexity index is 406. The summed E-state index contributed by atoms with van der Waals surface area (Å²) in [6.45, 7) is 0. The third-order valence-electron chi connectivity index (χ3n) is 4.64. The molecule has 1 aliphatic rings. The quantitative estimate of drug-likeness (QED) is 0.588. The van der Waals surface area contributed by atoms with Crippen LogP contribution >= 0.6 is 0 Å². The minimum absolute atomic E-state index is 0.765. The summed E-state index contributed by atoms with van der Waals surface area (Å²) in [6, 6.07) is 10.2. The van der Waals surface area contributed by atoms with Crippen LogP contribution < -0.4 is 0 Å². The number of hydrogen-bond acceptors (Lipinski definition) is 1. The lowest BCUT2D eigenvalue weighted by molar-refractivity contribution is 0.328. The van der Waals surface area contributed by atoms with E-state index in [0.29, 0.717) is 0 Å². The average molecular weight is 269 g/mol. The molecule has 0 aromatic heterocycles. The van der Waals surface area contributed by atoms with Crippen molar-refractivity contribution >= 4 is 0 Å². The highest BCUT2D eigenvalue weighted by atomic mass is 14.2. The Morgan fingerprint density at radius 3 is 2.30 bits per heavy atom. The van der Waals surface area contributed by atoms with Gasteiger partial charge in [0.05, 0.1) is 11.6 Å². The molecule has 0 atom stereocenters. The fourth-order valence-electron chi connectivity index (χ4n) is 3.34. The summed E-state index contributed by atoms with van der Waals surface area (Å²) in [6.07, 6.45) is 15.5. The number of aryl methyl sites for hydroxylation is 1. The van der Waals surface area contributed by atoms with E-state index in [0.717, 1.165) is 17.9 Å². The van der Waals surface area contributed by atoms with Gasteiger partial charge in [-0.25, -0.2) is 0 Å². The molecule has 0 spiro atoms. The summed E-state index contributed by atoms with van der Waals surface area (Å²) in [5, 5.41) is 8.76. The zero-order chi connectivity index (χ0) is 14.0. The van der Waals surface area contributed by atoms with E-state index in [1.165, 1.54) is 69.8 Å². The van der Waals surface area contributed by atoms with Gasteiger partial charge in [-0.2, -0.15) is 5.26 Å². The van der Waals surface area contributed by atoms with Gasteiger partial charge in [-0.1, -0.05) is 69.9 Å². The maximum atomic E-state index is 8.76. The monoisotopic (exact) mass is 269 g/mol. The van der Waals surface area contributed by atoms with Gasteiger partial charge in [0, 0.05) is 0 Å². The Hall–Kier alpha value is -1.29. The molecule has 20 heavy (non-hydrogen) atoms. The number of unbranched alkanes of at least 4 members (excludes halogenated alkanes) is 3. The first-order valence-corrected chi connectivity index (χ1v) is 8.37. The van der Waals surface area contributed by atoms with Crippen molar-refractivity contribution in [2.45, 2.75) is 70.6 Å². The molecule has 1 fully saturated rings. The molecule has 1 heteroatoms. The van der Waals surface area contributed by atoms with Crippen LogP contribution in [-0.4, -0.2) is 0 Å². The van der Waals surface area contributed by atoms with Crippen LogP contribution in [0.4, 0.5) is 0 Å². The minimum Gasteiger partial charge on any atom is -0.192 e. The molecule has 0 radical (unpaired) electrons. The van der Waals surface area contributed by atoms with Crippen molar-refractivity contribution in [2.24, 2.45) is 5.92 Å². The zero-order valence-corrected chi connectivity index (χ0v) is 12.6. The van der Waals surface area contributed by atoms with Crippen molar-refractivity contribution in [3.05, 3.63) is 35.4 Å². The summed E-state index contributed by atoms with van der Waals surface area (Å²) >= 11 is 0. The van der Waals surface area contributed by atoms with Crippen molar-refractivity contribution in [2.75, 3.05) is 0 Å². The van der Waals surface area contributed by atoms with E-state index in [1.807, 2.05) is 12.1 Å². The van der Waals surface area contributed by atoms with Crippen molar-refractivity contribution in [1.82, 2.24) is 0 Å². The molecule has 0 heterocycles. The van der Waals surface area contributed by atoms with Crippen molar-refractivity contribution in [3.63, 3.8) is 0 Å². The first-order chi connectivity index (χ1) is 9.88. The topological polar surface area (TPSA) is 23.8 Å². The van der Waals surface area contributed by atoms with Gasteiger partial charge in [-0.05, 0) is 36.5 Å². The number of benzene rings is 1. The third-order valence-corrected chi connectivity index (χ3v) is 4.64. The van der Waals surface area contributed by atoms with Gasteiger partial charge in [0.15, 0.2) is 0 Å². The molecule has 1 aromatic rings. The predicted octanol–water partition coefficient (Wildman–Crippen LogP) is 5.63. The van der Waals surface area contributed by atoms with Crippen LogP contribution in [0.2, 0.25) is 0 Å². The zero-order valence-electron chi connectivity index (χ0n) is 12.6. The maximum absolute atomic E-state index is 8.76. The Labute approximate surface area is 124 Å². The lowest BCUT2D eigenvalue weighted by atomic mass is 9.85. The molecule has 108 valence electrons. The molecule has 1 aromatic carbocycles. The molecule has 2 rings (SSSR count). The van der Waals surface area contributed by atoms with E-state index < -0.39 is 0 Å². The van der Waals surface area contributed by atoms with Gasteiger partial charge in [-0.3, -0.25) is 0 Å². The Morgan fingerprint density at radius 1 is 0.900 bits per heavy atom.